The van der Waals surface area contributed by atoms with E-state index < -0.39 is 6.23 Å². The second-order valence-electron chi connectivity index (χ2n) is 6.74. The molecule has 4 N–H and O–H groups in total. The molecule has 27 heavy (non-hydrogen) atoms. The second-order valence-corrected chi connectivity index (χ2v) is 6.74. The number of carbonyl (C=O) groups is 1. The van der Waals surface area contributed by atoms with Gasteiger partial charge in [0.15, 0.2) is 6.23 Å². The van der Waals surface area contributed by atoms with Crippen LogP contribution in [-0.2, 0) is 11.2 Å². The fraction of sp³-hybridized carbons (Fsp3) is 0.273. The van der Waals surface area contributed by atoms with Crippen LogP contribution in [0.2, 0.25) is 0 Å². The van der Waals surface area contributed by atoms with Crippen LogP contribution < -0.4 is 10.6 Å². The summed E-state index contributed by atoms with van der Waals surface area (Å²) in [4.78, 5) is 12.0. The number of nitrogens with one attached hydrogen (secondary N) is 3. The number of aliphatic hydroxyl groups excluding tert-OH is 1. The molecule has 0 saturated carbocycles. The SMILES string of the molecule is C/C=C1\C(=O)Nc2ccc(CC3C=C(NC(O)/C(C=N)=C/C)C=CC3)cc21. The molecule has 1 aromatic carbocycles. The summed E-state index contributed by atoms with van der Waals surface area (Å²) in [5, 5.41) is 23.4. The maximum absolute atomic E-state index is 12.0. The fourth-order valence-corrected chi connectivity index (χ4v) is 3.50. The third-order valence-corrected chi connectivity index (χ3v) is 4.92. The van der Waals surface area contributed by atoms with E-state index in [4.69, 9.17) is 5.41 Å². The van der Waals surface area contributed by atoms with Gasteiger partial charge in [-0.1, -0.05) is 30.4 Å². The van der Waals surface area contributed by atoms with Gasteiger partial charge >= 0.3 is 0 Å². The van der Waals surface area contributed by atoms with Crippen molar-refractivity contribution in [3.63, 3.8) is 0 Å². The Morgan fingerprint density at radius 2 is 2.26 bits per heavy atom. The van der Waals surface area contributed by atoms with Crippen LogP contribution in [0.5, 0.6) is 0 Å². The molecule has 2 aliphatic rings. The number of carbonyl (C=O) groups excluding carboxylic acids is 1. The quantitative estimate of drug-likeness (QED) is 0.354. The van der Waals surface area contributed by atoms with Gasteiger partial charge in [0.2, 0.25) is 0 Å². The van der Waals surface area contributed by atoms with E-state index in [0.717, 1.165) is 41.6 Å². The van der Waals surface area contributed by atoms with Crippen molar-refractivity contribution in [1.29, 1.82) is 5.41 Å². The first kappa shape index (κ1) is 18.9. The van der Waals surface area contributed by atoms with Gasteiger partial charge in [0.25, 0.3) is 5.91 Å². The average molecular weight is 363 g/mol. The Kier molecular flexibility index (Phi) is 5.72. The number of hydrogen-bond donors (Lipinski definition) is 4. The van der Waals surface area contributed by atoms with E-state index in [9.17, 15) is 9.90 Å². The van der Waals surface area contributed by atoms with E-state index in [1.54, 1.807) is 13.0 Å². The number of amides is 1. The number of rotatable bonds is 6. The standard InChI is InChI=1S/C22H25N3O2/c1-3-16(13-23)21(26)24-17-7-5-6-14(11-17)10-15-8-9-20-19(12-15)18(4-2)22(27)25-20/h3-5,7-9,11-14,21,23-24,26H,6,10H2,1-2H3,(H,25,27)/b16-3+,18-4-,23-13?. The minimum atomic E-state index is -0.892. The smallest absolute Gasteiger partial charge is 0.256 e. The summed E-state index contributed by atoms with van der Waals surface area (Å²) in [7, 11) is 0. The van der Waals surface area contributed by atoms with E-state index >= 15 is 0 Å². The Balaban J connectivity index is 1.73. The molecule has 1 aliphatic carbocycles. The molecular formula is C22H25N3O2. The predicted molar refractivity (Wildman–Crippen MR) is 109 cm³/mol. The molecule has 1 amide bonds. The highest BCUT2D eigenvalue weighted by Gasteiger charge is 2.23. The zero-order valence-electron chi connectivity index (χ0n) is 15.6. The molecule has 2 atom stereocenters. The van der Waals surface area contributed by atoms with Crippen molar-refractivity contribution < 1.29 is 9.90 Å². The molecule has 3 rings (SSSR count). The molecule has 0 saturated heterocycles. The van der Waals surface area contributed by atoms with Gasteiger partial charge in [0, 0.05) is 34.3 Å². The highest BCUT2D eigenvalue weighted by molar-refractivity contribution is 6.31. The van der Waals surface area contributed by atoms with Crippen LogP contribution in [0.4, 0.5) is 5.69 Å². The number of aliphatic hydroxyl groups is 1. The summed E-state index contributed by atoms with van der Waals surface area (Å²) >= 11 is 0. The van der Waals surface area contributed by atoms with Crippen LogP contribution in [0.3, 0.4) is 0 Å². The summed E-state index contributed by atoms with van der Waals surface area (Å²) in [6.45, 7) is 3.67. The Morgan fingerprint density at radius 1 is 1.44 bits per heavy atom. The van der Waals surface area contributed by atoms with Crippen LogP contribution in [0.25, 0.3) is 5.57 Å². The number of anilines is 1. The van der Waals surface area contributed by atoms with Crippen molar-refractivity contribution in [2.24, 2.45) is 5.92 Å². The largest absolute Gasteiger partial charge is 0.369 e. The van der Waals surface area contributed by atoms with E-state index in [1.165, 1.54) is 5.56 Å². The second kappa shape index (κ2) is 8.18. The van der Waals surface area contributed by atoms with Crippen LogP contribution >= 0.6 is 0 Å². The topological polar surface area (TPSA) is 85.2 Å². The van der Waals surface area contributed by atoms with Crippen molar-refractivity contribution in [2.45, 2.75) is 32.9 Å². The van der Waals surface area contributed by atoms with E-state index in [2.05, 4.69) is 34.9 Å². The number of hydrogen-bond acceptors (Lipinski definition) is 4. The fourth-order valence-electron chi connectivity index (χ4n) is 3.50. The minimum absolute atomic E-state index is 0.0448. The summed E-state index contributed by atoms with van der Waals surface area (Å²) in [6.07, 6.45) is 11.8. The molecule has 1 heterocycles. The maximum atomic E-state index is 12.0. The first-order valence-electron chi connectivity index (χ1n) is 9.16. The van der Waals surface area contributed by atoms with Crippen LogP contribution in [0.1, 0.15) is 31.4 Å². The van der Waals surface area contributed by atoms with Crippen molar-refractivity contribution in [1.82, 2.24) is 5.32 Å². The predicted octanol–water partition coefficient (Wildman–Crippen LogP) is 3.55. The lowest BCUT2D eigenvalue weighted by molar-refractivity contribution is -0.110. The van der Waals surface area contributed by atoms with Gasteiger partial charge in [-0.2, -0.15) is 0 Å². The molecule has 5 heteroatoms. The van der Waals surface area contributed by atoms with Crippen molar-refractivity contribution in [2.75, 3.05) is 5.32 Å². The Labute approximate surface area is 159 Å². The molecule has 5 nitrogen and oxygen atoms in total. The first-order valence-corrected chi connectivity index (χ1v) is 9.16. The molecule has 0 radical (unpaired) electrons. The third kappa shape index (κ3) is 4.09. The monoisotopic (exact) mass is 363 g/mol. The molecule has 0 fully saturated rings. The van der Waals surface area contributed by atoms with Crippen LogP contribution in [0, 0.1) is 11.3 Å². The molecule has 0 spiro atoms. The molecule has 0 aromatic heterocycles. The number of benzene rings is 1. The van der Waals surface area contributed by atoms with E-state index in [-0.39, 0.29) is 5.91 Å². The summed E-state index contributed by atoms with van der Waals surface area (Å²) in [5.41, 5.74) is 5.12. The lowest BCUT2D eigenvalue weighted by Gasteiger charge is -2.21. The summed E-state index contributed by atoms with van der Waals surface area (Å²) in [6, 6.07) is 6.11. The van der Waals surface area contributed by atoms with Gasteiger partial charge in [0.1, 0.15) is 0 Å². The lowest BCUT2D eigenvalue weighted by Crippen LogP contribution is -2.31. The van der Waals surface area contributed by atoms with Gasteiger partial charge in [-0.05, 0) is 56.4 Å². The molecular weight excluding hydrogens is 338 g/mol. The van der Waals surface area contributed by atoms with Crippen LogP contribution in [-0.4, -0.2) is 23.5 Å². The molecule has 2 unspecified atom stereocenters. The summed E-state index contributed by atoms with van der Waals surface area (Å²) in [5.74, 6) is 0.257. The Morgan fingerprint density at radius 3 is 2.96 bits per heavy atom. The summed E-state index contributed by atoms with van der Waals surface area (Å²) < 4.78 is 0. The Hall–Kier alpha value is -2.92. The van der Waals surface area contributed by atoms with E-state index in [0.29, 0.717) is 11.5 Å². The number of allylic oxidation sites excluding steroid dienone is 5. The minimum Gasteiger partial charge on any atom is -0.369 e. The highest BCUT2D eigenvalue weighted by atomic mass is 16.3. The van der Waals surface area contributed by atoms with Gasteiger partial charge in [0.05, 0.1) is 0 Å². The third-order valence-electron chi connectivity index (χ3n) is 4.92. The molecule has 0 bridgehead atoms. The molecule has 140 valence electrons. The molecule has 1 aliphatic heterocycles. The number of fused-ring (bicyclic) bond motifs is 1. The van der Waals surface area contributed by atoms with Crippen molar-refractivity contribution >= 4 is 23.4 Å². The zero-order chi connectivity index (χ0) is 19.4. The molecule has 1 aromatic rings. The van der Waals surface area contributed by atoms with Crippen molar-refractivity contribution in [3.05, 3.63) is 71.0 Å². The van der Waals surface area contributed by atoms with Crippen molar-refractivity contribution in [3.8, 4) is 0 Å². The van der Waals surface area contributed by atoms with Gasteiger partial charge in [-0.3, -0.25) is 4.79 Å². The lowest BCUT2D eigenvalue weighted by atomic mass is 9.90. The van der Waals surface area contributed by atoms with Crippen LogP contribution in [0.15, 0.2) is 59.8 Å². The normalized spacial score (nSPS) is 21.5. The Bertz CT molecular complexity index is 878. The van der Waals surface area contributed by atoms with Gasteiger partial charge in [-0.15, -0.1) is 0 Å². The highest BCUT2D eigenvalue weighted by Crippen LogP contribution is 2.33. The average Bonchev–Trinajstić information content (AvgIpc) is 2.97. The van der Waals surface area contributed by atoms with Gasteiger partial charge in [-0.25, -0.2) is 0 Å². The maximum Gasteiger partial charge on any atom is 0.256 e. The zero-order valence-corrected chi connectivity index (χ0v) is 15.6. The first-order chi connectivity index (χ1) is 13.0. The van der Waals surface area contributed by atoms with Gasteiger partial charge < -0.3 is 21.1 Å². The van der Waals surface area contributed by atoms with E-state index in [1.807, 2.05) is 25.1 Å².